The number of halogens is 1. The van der Waals surface area contributed by atoms with Crippen molar-refractivity contribution in [2.75, 3.05) is 26.2 Å². The molecule has 2 fully saturated rings. The lowest BCUT2D eigenvalue weighted by Crippen LogP contribution is -2.44. The molecule has 1 aromatic rings. The number of carbonyl (C=O) groups excluding carboxylic acids is 2. The second-order valence-corrected chi connectivity index (χ2v) is 7.01. The molecule has 1 aromatic carbocycles. The topological polar surface area (TPSA) is 52.7 Å². The largest absolute Gasteiger partial charge is 0.343 e. The molecular formula is C19H26FN3O2. The third kappa shape index (κ3) is 4.94. The lowest BCUT2D eigenvalue weighted by Gasteiger charge is -2.32. The molecule has 136 valence electrons. The van der Waals surface area contributed by atoms with Crippen molar-refractivity contribution in [2.24, 2.45) is 5.92 Å². The van der Waals surface area contributed by atoms with Gasteiger partial charge in [0, 0.05) is 39.1 Å². The predicted octanol–water partition coefficient (Wildman–Crippen LogP) is 2.76. The Morgan fingerprint density at radius 3 is 2.48 bits per heavy atom. The van der Waals surface area contributed by atoms with Crippen molar-refractivity contribution >= 4 is 11.9 Å². The Morgan fingerprint density at radius 1 is 1.08 bits per heavy atom. The third-order valence-electron chi connectivity index (χ3n) is 5.16. The van der Waals surface area contributed by atoms with E-state index in [1.807, 2.05) is 4.90 Å². The minimum Gasteiger partial charge on any atom is -0.343 e. The summed E-state index contributed by atoms with van der Waals surface area (Å²) < 4.78 is 13.2. The normalized spacial score (nSPS) is 18.4. The van der Waals surface area contributed by atoms with E-state index in [-0.39, 0.29) is 17.8 Å². The molecule has 2 aliphatic rings. The van der Waals surface area contributed by atoms with Crippen molar-refractivity contribution in [3.05, 3.63) is 35.6 Å². The summed E-state index contributed by atoms with van der Waals surface area (Å²) in [5.74, 6) is 0.349. The van der Waals surface area contributed by atoms with Gasteiger partial charge in [-0.1, -0.05) is 12.1 Å². The number of amides is 3. The van der Waals surface area contributed by atoms with Crippen LogP contribution >= 0.6 is 0 Å². The number of nitrogens with one attached hydrogen (secondary N) is 1. The third-order valence-corrected chi connectivity index (χ3v) is 5.16. The number of nitrogens with zero attached hydrogens (tertiary/aromatic N) is 2. The lowest BCUT2D eigenvalue weighted by molar-refractivity contribution is -0.131. The van der Waals surface area contributed by atoms with Crippen LogP contribution in [0.3, 0.4) is 0 Å². The summed E-state index contributed by atoms with van der Waals surface area (Å²) in [6.45, 7) is 3.48. The smallest absolute Gasteiger partial charge is 0.317 e. The Labute approximate surface area is 148 Å². The Kier molecular flexibility index (Phi) is 5.89. The number of hydrogen-bond acceptors (Lipinski definition) is 2. The lowest BCUT2D eigenvalue weighted by atomic mass is 9.93. The molecular weight excluding hydrogens is 321 g/mol. The summed E-state index contributed by atoms with van der Waals surface area (Å²) in [5.41, 5.74) is 0.749. The maximum Gasteiger partial charge on any atom is 0.317 e. The molecule has 5 nitrogen and oxygen atoms in total. The monoisotopic (exact) mass is 347 g/mol. The highest BCUT2D eigenvalue weighted by molar-refractivity contribution is 5.77. The van der Waals surface area contributed by atoms with E-state index in [2.05, 4.69) is 5.32 Å². The van der Waals surface area contributed by atoms with Crippen molar-refractivity contribution in [1.29, 1.82) is 0 Å². The first-order valence-corrected chi connectivity index (χ1v) is 9.17. The molecule has 3 amide bonds. The zero-order valence-corrected chi connectivity index (χ0v) is 14.5. The quantitative estimate of drug-likeness (QED) is 0.910. The second-order valence-electron chi connectivity index (χ2n) is 7.01. The van der Waals surface area contributed by atoms with Crippen LogP contribution in [-0.2, 0) is 11.3 Å². The van der Waals surface area contributed by atoms with E-state index in [0.29, 0.717) is 32.0 Å². The maximum atomic E-state index is 13.2. The van der Waals surface area contributed by atoms with Crippen molar-refractivity contribution in [1.82, 2.24) is 15.1 Å². The van der Waals surface area contributed by atoms with E-state index in [1.165, 1.54) is 12.1 Å². The summed E-state index contributed by atoms with van der Waals surface area (Å²) in [6, 6.07) is 6.13. The average Bonchev–Trinajstić information content (AvgIpc) is 3.15. The highest BCUT2D eigenvalue weighted by Gasteiger charge is 2.26. The van der Waals surface area contributed by atoms with Crippen LogP contribution in [0.25, 0.3) is 0 Å². The van der Waals surface area contributed by atoms with E-state index in [1.54, 1.807) is 17.0 Å². The number of urea groups is 1. The van der Waals surface area contributed by atoms with Gasteiger partial charge in [0.2, 0.25) is 5.91 Å². The Balaban J connectivity index is 1.39. The predicted molar refractivity (Wildman–Crippen MR) is 93.4 cm³/mol. The molecule has 2 aliphatic heterocycles. The van der Waals surface area contributed by atoms with E-state index < -0.39 is 0 Å². The van der Waals surface area contributed by atoms with Crippen LogP contribution in [0.4, 0.5) is 9.18 Å². The summed E-state index contributed by atoms with van der Waals surface area (Å²) in [4.78, 5) is 28.2. The molecule has 0 bridgehead atoms. The van der Waals surface area contributed by atoms with Crippen LogP contribution in [0.15, 0.2) is 24.3 Å². The average molecular weight is 347 g/mol. The fourth-order valence-corrected chi connectivity index (χ4v) is 3.62. The summed E-state index contributed by atoms with van der Waals surface area (Å²) >= 11 is 0. The SMILES string of the molecule is O=C(CC1CCN(C(=O)NCc2cccc(F)c2)CC1)N1CCCC1. The Morgan fingerprint density at radius 2 is 1.80 bits per heavy atom. The van der Waals surface area contributed by atoms with Gasteiger partial charge in [-0.05, 0) is 49.3 Å². The summed E-state index contributed by atoms with van der Waals surface area (Å²) in [5, 5.41) is 2.84. The van der Waals surface area contributed by atoms with Crippen LogP contribution in [0.5, 0.6) is 0 Å². The number of piperidine rings is 1. The Bertz CT molecular complexity index is 608. The molecule has 0 radical (unpaired) electrons. The van der Waals surface area contributed by atoms with E-state index in [0.717, 1.165) is 44.3 Å². The van der Waals surface area contributed by atoms with Gasteiger partial charge in [-0.3, -0.25) is 4.79 Å². The van der Waals surface area contributed by atoms with Gasteiger partial charge in [-0.15, -0.1) is 0 Å². The van der Waals surface area contributed by atoms with E-state index >= 15 is 0 Å². The number of carbonyl (C=O) groups is 2. The number of rotatable bonds is 4. The van der Waals surface area contributed by atoms with Crippen LogP contribution < -0.4 is 5.32 Å². The molecule has 0 aromatic heterocycles. The van der Waals surface area contributed by atoms with Gasteiger partial charge in [0.1, 0.15) is 5.82 Å². The summed E-state index contributed by atoms with van der Waals surface area (Å²) in [6.07, 6.45) is 4.59. The van der Waals surface area contributed by atoms with Gasteiger partial charge in [-0.2, -0.15) is 0 Å². The fourth-order valence-electron chi connectivity index (χ4n) is 3.62. The van der Waals surface area contributed by atoms with Crippen molar-refractivity contribution in [3.63, 3.8) is 0 Å². The van der Waals surface area contributed by atoms with Gasteiger partial charge >= 0.3 is 6.03 Å². The number of likely N-dealkylation sites (tertiary alicyclic amines) is 2. The van der Waals surface area contributed by atoms with Crippen molar-refractivity contribution in [3.8, 4) is 0 Å². The molecule has 1 N–H and O–H groups in total. The first-order valence-electron chi connectivity index (χ1n) is 9.17. The van der Waals surface area contributed by atoms with E-state index in [9.17, 15) is 14.0 Å². The first-order chi connectivity index (χ1) is 12.1. The molecule has 0 unspecified atom stereocenters. The number of hydrogen-bond donors (Lipinski definition) is 1. The molecule has 0 aliphatic carbocycles. The Hall–Kier alpha value is -2.11. The fraction of sp³-hybridized carbons (Fsp3) is 0.579. The minimum atomic E-state index is -0.296. The second kappa shape index (κ2) is 8.32. The van der Waals surface area contributed by atoms with Crippen molar-refractivity contribution in [2.45, 2.75) is 38.6 Å². The van der Waals surface area contributed by atoms with Gasteiger partial charge in [0.15, 0.2) is 0 Å². The zero-order chi connectivity index (χ0) is 17.6. The summed E-state index contributed by atoms with van der Waals surface area (Å²) in [7, 11) is 0. The standard InChI is InChI=1S/C19H26FN3O2/c20-17-5-3-4-16(12-17)14-21-19(25)23-10-6-15(7-11-23)13-18(24)22-8-1-2-9-22/h3-5,12,15H,1-2,6-11,13-14H2,(H,21,25). The highest BCUT2D eigenvalue weighted by Crippen LogP contribution is 2.22. The molecule has 0 saturated carbocycles. The van der Waals surface area contributed by atoms with Crippen LogP contribution in [-0.4, -0.2) is 47.9 Å². The van der Waals surface area contributed by atoms with Crippen LogP contribution in [0, 0.1) is 11.7 Å². The van der Waals surface area contributed by atoms with Crippen molar-refractivity contribution < 1.29 is 14.0 Å². The molecule has 0 spiro atoms. The molecule has 3 rings (SSSR count). The molecule has 0 atom stereocenters. The first kappa shape index (κ1) is 17.7. The molecule has 2 heterocycles. The molecule has 25 heavy (non-hydrogen) atoms. The maximum absolute atomic E-state index is 13.2. The van der Waals surface area contributed by atoms with Gasteiger partial charge in [0.25, 0.3) is 0 Å². The molecule has 2 saturated heterocycles. The molecule has 6 heteroatoms. The van der Waals surface area contributed by atoms with Gasteiger partial charge in [0.05, 0.1) is 0 Å². The van der Waals surface area contributed by atoms with E-state index in [4.69, 9.17) is 0 Å². The van der Waals surface area contributed by atoms with Crippen LogP contribution in [0.1, 0.15) is 37.7 Å². The zero-order valence-electron chi connectivity index (χ0n) is 14.5. The minimum absolute atomic E-state index is 0.117. The van der Waals surface area contributed by atoms with Crippen LogP contribution in [0.2, 0.25) is 0 Å². The highest BCUT2D eigenvalue weighted by atomic mass is 19.1. The van der Waals surface area contributed by atoms with Gasteiger partial charge in [-0.25, -0.2) is 9.18 Å². The number of benzene rings is 1. The van der Waals surface area contributed by atoms with Gasteiger partial charge < -0.3 is 15.1 Å².